The smallest absolute Gasteiger partial charge is 0.170 e. The summed E-state index contributed by atoms with van der Waals surface area (Å²) in [6.07, 6.45) is 1.76. The van der Waals surface area contributed by atoms with Crippen LogP contribution in [0.2, 0.25) is 0 Å². The summed E-state index contributed by atoms with van der Waals surface area (Å²) in [5.74, 6) is 0.552. The maximum atomic E-state index is 8.69. The molecule has 122 valence electrons. The van der Waals surface area contributed by atoms with Crippen molar-refractivity contribution in [1.29, 1.82) is 4.78 Å². The van der Waals surface area contributed by atoms with Crippen molar-refractivity contribution >= 4 is 43.7 Å². The van der Waals surface area contributed by atoms with Crippen LogP contribution in [0.3, 0.4) is 0 Å². The summed E-state index contributed by atoms with van der Waals surface area (Å²) < 4.78 is 5.94. The van der Waals surface area contributed by atoms with Crippen LogP contribution in [0.1, 0.15) is 5.56 Å². The second kappa shape index (κ2) is 8.14. The molecule has 0 unspecified atom stereocenters. The molecule has 0 fully saturated rings. The molecule has 1 heterocycles. The molecule has 0 aliphatic rings. The van der Waals surface area contributed by atoms with Crippen LogP contribution < -0.4 is 11.5 Å². The van der Waals surface area contributed by atoms with Crippen LogP contribution in [0.4, 0.5) is 5.82 Å². The highest BCUT2D eigenvalue weighted by molar-refractivity contribution is 8.11. The molecule has 8 heteroatoms. The van der Waals surface area contributed by atoms with E-state index in [1.54, 1.807) is 18.3 Å². The maximum absolute atomic E-state index is 8.69. The molecule has 2 aromatic carbocycles. The molecule has 0 bridgehead atoms. The molecule has 24 heavy (non-hydrogen) atoms. The first kappa shape index (κ1) is 17.5. The van der Waals surface area contributed by atoms with Gasteiger partial charge in [0, 0.05) is 44.0 Å². The van der Waals surface area contributed by atoms with Gasteiger partial charge in [-0.2, -0.15) is 0 Å². The number of pyridine rings is 1. The van der Waals surface area contributed by atoms with Gasteiger partial charge in [0.25, 0.3) is 0 Å². The van der Waals surface area contributed by atoms with Gasteiger partial charge in [-0.15, -0.1) is 0 Å². The van der Waals surface area contributed by atoms with Gasteiger partial charge in [-0.3, -0.25) is 0 Å². The highest BCUT2D eigenvalue weighted by Crippen LogP contribution is 2.32. The van der Waals surface area contributed by atoms with E-state index in [4.69, 9.17) is 21.5 Å². The lowest BCUT2D eigenvalue weighted by atomic mass is 9.99. The van der Waals surface area contributed by atoms with Crippen molar-refractivity contribution in [3.05, 3.63) is 60.3 Å². The number of rotatable bonds is 2. The first-order valence-corrected chi connectivity index (χ1v) is 8.53. The van der Waals surface area contributed by atoms with Crippen LogP contribution in [0, 0.1) is 4.78 Å². The maximum Gasteiger partial charge on any atom is 0.170 e. The minimum absolute atomic E-state index is 0.0746. The molecule has 0 aliphatic heterocycles. The number of nitrogens with zero attached hydrogens (tertiary/aromatic N) is 2. The molecule has 0 spiro atoms. The van der Waals surface area contributed by atoms with Crippen molar-refractivity contribution in [3.8, 4) is 11.1 Å². The van der Waals surface area contributed by atoms with E-state index in [0.29, 0.717) is 21.5 Å². The summed E-state index contributed by atoms with van der Waals surface area (Å²) in [6.45, 7) is 0. The van der Waals surface area contributed by atoms with Gasteiger partial charge >= 0.3 is 0 Å². The normalized spacial score (nSPS) is 10.8. The highest BCUT2D eigenvalue weighted by Gasteiger charge is 2.09. The zero-order chi connectivity index (χ0) is 17.5. The Balaban J connectivity index is 0.000000647. The van der Waals surface area contributed by atoms with Gasteiger partial charge in [-0.1, -0.05) is 53.7 Å². The van der Waals surface area contributed by atoms with Gasteiger partial charge in [0.15, 0.2) is 5.84 Å². The number of anilines is 1. The fourth-order valence-corrected chi connectivity index (χ4v) is 2.35. The fourth-order valence-electron chi connectivity index (χ4n) is 2.35. The van der Waals surface area contributed by atoms with Crippen LogP contribution in [0.25, 0.3) is 21.9 Å². The number of hydrogen-bond donors (Lipinski definition) is 4. The van der Waals surface area contributed by atoms with Crippen molar-refractivity contribution in [1.82, 2.24) is 4.98 Å². The van der Waals surface area contributed by atoms with E-state index >= 15 is 0 Å². The van der Waals surface area contributed by atoms with Gasteiger partial charge in [-0.05, 0) is 10.9 Å². The van der Waals surface area contributed by atoms with Crippen molar-refractivity contribution in [2.45, 2.75) is 0 Å². The lowest BCUT2D eigenvalue weighted by Crippen LogP contribution is -2.12. The number of hydrogen-bond acceptors (Lipinski definition) is 6. The fraction of sp³-hybridized carbons (Fsp3) is 0. The molecule has 0 radical (unpaired) electrons. The van der Waals surface area contributed by atoms with Gasteiger partial charge in [0.2, 0.25) is 0 Å². The number of benzene rings is 2. The van der Waals surface area contributed by atoms with E-state index in [9.17, 15) is 0 Å². The summed E-state index contributed by atoms with van der Waals surface area (Å²) >= 11 is 3.98. The molecule has 0 aliphatic carbocycles. The summed E-state index contributed by atoms with van der Waals surface area (Å²) in [5, 5.41) is 13.8. The molecule has 3 aromatic rings. The third kappa shape index (κ3) is 3.73. The van der Waals surface area contributed by atoms with E-state index in [-0.39, 0.29) is 5.84 Å². The van der Waals surface area contributed by atoms with Crippen LogP contribution in [-0.2, 0) is 21.3 Å². The Morgan fingerprint density at radius 3 is 2.42 bits per heavy atom. The molecular weight excluding hydrogens is 342 g/mol. The minimum Gasteiger partial charge on any atom is -0.409 e. The highest BCUT2D eigenvalue weighted by atomic mass is 32.8. The van der Waals surface area contributed by atoms with Gasteiger partial charge in [-0.25, -0.2) is 9.76 Å². The molecule has 3 rings (SSSR count). The number of nitrogens with two attached hydrogens (primary N) is 2. The average molecular weight is 357 g/mol. The Kier molecular flexibility index (Phi) is 5.94. The number of amidine groups is 1. The number of nitrogen functional groups attached to an aromatic ring is 1. The second-order valence-corrected chi connectivity index (χ2v) is 5.42. The molecular formula is C16H15N5OS2. The summed E-state index contributed by atoms with van der Waals surface area (Å²) in [7, 11) is 0.583. The van der Waals surface area contributed by atoms with E-state index in [0.717, 1.165) is 21.9 Å². The second-order valence-electron chi connectivity index (χ2n) is 4.75. The van der Waals surface area contributed by atoms with Crippen molar-refractivity contribution in [2.24, 2.45) is 10.9 Å². The topological polar surface area (TPSA) is 121 Å². The van der Waals surface area contributed by atoms with E-state index in [1.807, 2.05) is 36.4 Å². The number of nitrogens with one attached hydrogen (secondary N) is 1. The van der Waals surface area contributed by atoms with Crippen molar-refractivity contribution < 1.29 is 5.21 Å². The molecule has 0 saturated heterocycles. The Hall–Kier alpha value is -2.84. The Morgan fingerprint density at radius 1 is 1.17 bits per heavy atom. The summed E-state index contributed by atoms with van der Waals surface area (Å²) in [6, 6.07) is 15.3. The molecule has 0 atom stereocenters. The summed E-state index contributed by atoms with van der Waals surface area (Å²) in [4.78, 5) is 4.25. The third-order valence-electron chi connectivity index (χ3n) is 3.41. The van der Waals surface area contributed by atoms with Gasteiger partial charge < -0.3 is 16.7 Å². The summed E-state index contributed by atoms with van der Waals surface area (Å²) in [5.41, 5.74) is 14.1. The van der Waals surface area contributed by atoms with E-state index in [1.165, 1.54) is 0 Å². The molecule has 0 amide bonds. The SMILES string of the molecule is N/C(=N/O)c1ccc(-c2c(N)ncc3ccccc23)cc1.N=S=S. The molecule has 1 aromatic heterocycles. The monoisotopic (exact) mass is 357 g/mol. The Morgan fingerprint density at radius 2 is 1.79 bits per heavy atom. The first-order chi connectivity index (χ1) is 11.6. The lowest BCUT2D eigenvalue weighted by molar-refractivity contribution is 0.318. The Labute approximate surface area is 147 Å². The zero-order valence-electron chi connectivity index (χ0n) is 12.5. The molecule has 0 saturated carbocycles. The predicted molar refractivity (Wildman–Crippen MR) is 102 cm³/mol. The largest absolute Gasteiger partial charge is 0.409 e. The third-order valence-corrected chi connectivity index (χ3v) is 3.41. The van der Waals surface area contributed by atoms with Crippen LogP contribution in [0.5, 0.6) is 0 Å². The van der Waals surface area contributed by atoms with E-state index in [2.05, 4.69) is 21.3 Å². The quantitative estimate of drug-likeness (QED) is 0.243. The lowest BCUT2D eigenvalue weighted by Gasteiger charge is -2.10. The standard InChI is InChI=1S/C16H14N4O.HNS2/c17-15(20-21)11-7-5-10(6-8-11)14-13-4-2-1-3-12(13)9-19-16(14)18;1-3-2/h1-9,21H,(H2,17,20)(H2,18,19);1H. The van der Waals surface area contributed by atoms with Crippen molar-refractivity contribution in [3.63, 3.8) is 0 Å². The predicted octanol–water partition coefficient (Wildman–Crippen LogP) is 2.87. The number of aromatic nitrogens is 1. The van der Waals surface area contributed by atoms with Gasteiger partial charge in [0.1, 0.15) is 5.82 Å². The Bertz CT molecular complexity index is 919. The average Bonchev–Trinajstić information content (AvgIpc) is 2.62. The van der Waals surface area contributed by atoms with Crippen molar-refractivity contribution in [2.75, 3.05) is 5.73 Å². The molecule has 6 nitrogen and oxygen atoms in total. The van der Waals surface area contributed by atoms with Crippen LogP contribution in [-0.4, -0.2) is 16.0 Å². The zero-order valence-corrected chi connectivity index (χ0v) is 14.1. The van der Waals surface area contributed by atoms with E-state index < -0.39 is 0 Å². The number of oxime groups is 1. The van der Waals surface area contributed by atoms with Crippen LogP contribution in [0.15, 0.2) is 59.9 Å². The minimum atomic E-state index is 0.0746. The molecule has 6 N–H and O–H groups in total. The van der Waals surface area contributed by atoms with Crippen LogP contribution >= 0.6 is 0 Å². The first-order valence-electron chi connectivity index (χ1n) is 6.79. The van der Waals surface area contributed by atoms with Gasteiger partial charge in [0.05, 0.1) is 0 Å². The number of fused-ring (bicyclic) bond motifs is 1.